The zero-order chi connectivity index (χ0) is 11.4. The van der Waals surface area contributed by atoms with E-state index in [2.05, 4.69) is 9.88 Å². The third-order valence-electron chi connectivity index (χ3n) is 3.11. The second-order valence-electron chi connectivity index (χ2n) is 4.21. The van der Waals surface area contributed by atoms with E-state index in [1.54, 1.807) is 19.5 Å². The van der Waals surface area contributed by atoms with Crippen LogP contribution in [-0.2, 0) is 4.74 Å². The summed E-state index contributed by atoms with van der Waals surface area (Å²) < 4.78 is 5.19. The number of halogens is 1. The number of aromatic nitrogens is 1. The molecule has 1 aromatic heterocycles. The summed E-state index contributed by atoms with van der Waals surface area (Å²) >= 11 is 6.13. The molecule has 88 valence electrons. The highest BCUT2D eigenvalue weighted by molar-refractivity contribution is 6.33. The zero-order valence-corrected chi connectivity index (χ0v) is 10.3. The van der Waals surface area contributed by atoms with Crippen LogP contribution in [0.15, 0.2) is 18.5 Å². The van der Waals surface area contributed by atoms with E-state index in [0.29, 0.717) is 5.92 Å². The smallest absolute Gasteiger partial charge is 0.0822 e. The predicted molar refractivity (Wildman–Crippen MR) is 66.1 cm³/mol. The summed E-state index contributed by atoms with van der Waals surface area (Å²) in [5.41, 5.74) is 1.10. The number of anilines is 1. The molecule has 0 bridgehead atoms. The summed E-state index contributed by atoms with van der Waals surface area (Å²) in [5.74, 6) is 0.696. The van der Waals surface area contributed by atoms with E-state index in [9.17, 15) is 0 Å². The molecule has 0 unspecified atom stereocenters. The van der Waals surface area contributed by atoms with Crippen LogP contribution in [-0.4, -0.2) is 31.8 Å². The molecule has 0 spiro atoms. The Morgan fingerprint density at radius 3 is 2.88 bits per heavy atom. The van der Waals surface area contributed by atoms with Gasteiger partial charge in [-0.25, -0.2) is 0 Å². The average molecular weight is 241 g/mol. The van der Waals surface area contributed by atoms with Crippen LogP contribution in [0, 0.1) is 5.92 Å². The second kappa shape index (κ2) is 5.51. The lowest BCUT2D eigenvalue weighted by Crippen LogP contribution is -2.35. The third kappa shape index (κ3) is 2.66. The molecule has 0 aliphatic carbocycles. The normalized spacial score (nSPS) is 17.8. The fourth-order valence-electron chi connectivity index (χ4n) is 2.20. The number of hydrogen-bond donors (Lipinski definition) is 0. The standard InChI is InChI=1S/C12H17ClN2O/c1-16-9-10-3-6-15(7-4-10)12-2-5-14-8-11(12)13/h2,5,8,10H,3-4,6-7,9H2,1H3. The molecule has 2 rings (SSSR count). The van der Waals surface area contributed by atoms with Gasteiger partial charge in [0.1, 0.15) is 0 Å². The Labute approximate surface area is 101 Å². The number of hydrogen-bond acceptors (Lipinski definition) is 3. The Balaban J connectivity index is 1.96. The number of rotatable bonds is 3. The fourth-order valence-corrected chi connectivity index (χ4v) is 2.44. The van der Waals surface area contributed by atoms with Crippen LogP contribution in [0.3, 0.4) is 0 Å². The van der Waals surface area contributed by atoms with Crippen LogP contribution in [0.2, 0.25) is 5.02 Å². The maximum absolute atomic E-state index is 6.13. The first-order valence-electron chi connectivity index (χ1n) is 5.64. The summed E-state index contributed by atoms with van der Waals surface area (Å²) in [6, 6.07) is 1.99. The van der Waals surface area contributed by atoms with Gasteiger partial charge in [-0.05, 0) is 24.8 Å². The predicted octanol–water partition coefficient (Wildman–Crippen LogP) is 2.60. The molecule has 1 aliphatic rings. The van der Waals surface area contributed by atoms with E-state index >= 15 is 0 Å². The first kappa shape index (κ1) is 11.7. The molecule has 2 heterocycles. The van der Waals surface area contributed by atoms with Crippen LogP contribution in [0.25, 0.3) is 0 Å². The molecule has 0 aromatic carbocycles. The summed E-state index contributed by atoms with van der Waals surface area (Å²) in [7, 11) is 1.77. The fraction of sp³-hybridized carbons (Fsp3) is 0.583. The molecule has 4 heteroatoms. The van der Waals surface area contributed by atoms with Crippen molar-refractivity contribution in [2.24, 2.45) is 5.92 Å². The van der Waals surface area contributed by atoms with Crippen LogP contribution >= 0.6 is 11.6 Å². The van der Waals surface area contributed by atoms with Crippen LogP contribution < -0.4 is 4.90 Å². The van der Waals surface area contributed by atoms with Crippen molar-refractivity contribution in [2.75, 3.05) is 31.7 Å². The maximum Gasteiger partial charge on any atom is 0.0822 e. The molecule has 16 heavy (non-hydrogen) atoms. The molecular weight excluding hydrogens is 224 g/mol. The Kier molecular flexibility index (Phi) is 4.02. The Bertz CT molecular complexity index is 338. The molecule has 1 aliphatic heterocycles. The number of ether oxygens (including phenoxy) is 1. The summed E-state index contributed by atoms with van der Waals surface area (Å²) in [5, 5.41) is 0.743. The highest BCUT2D eigenvalue weighted by Gasteiger charge is 2.20. The highest BCUT2D eigenvalue weighted by Crippen LogP contribution is 2.28. The minimum Gasteiger partial charge on any atom is -0.384 e. The maximum atomic E-state index is 6.13. The average Bonchev–Trinajstić information content (AvgIpc) is 2.31. The number of piperidine rings is 1. The van der Waals surface area contributed by atoms with E-state index < -0.39 is 0 Å². The summed E-state index contributed by atoms with van der Waals surface area (Å²) in [6.07, 6.45) is 5.85. The molecule has 3 nitrogen and oxygen atoms in total. The van der Waals surface area contributed by atoms with Crippen molar-refractivity contribution in [3.63, 3.8) is 0 Å². The number of pyridine rings is 1. The highest BCUT2D eigenvalue weighted by atomic mass is 35.5. The zero-order valence-electron chi connectivity index (χ0n) is 9.53. The molecule has 0 saturated carbocycles. The Morgan fingerprint density at radius 2 is 2.25 bits per heavy atom. The SMILES string of the molecule is COCC1CCN(c2ccncc2Cl)CC1. The minimum atomic E-state index is 0.696. The van der Waals surface area contributed by atoms with E-state index in [0.717, 1.165) is 30.4 Å². The van der Waals surface area contributed by atoms with E-state index in [1.807, 2.05) is 6.07 Å². The van der Waals surface area contributed by atoms with Crippen molar-refractivity contribution in [1.82, 2.24) is 4.98 Å². The molecule has 1 fully saturated rings. The van der Waals surface area contributed by atoms with Gasteiger partial charge < -0.3 is 9.64 Å². The second-order valence-corrected chi connectivity index (χ2v) is 4.62. The molecule has 1 aromatic rings. The molecule has 0 atom stereocenters. The number of methoxy groups -OCH3 is 1. The van der Waals surface area contributed by atoms with Gasteiger partial charge in [-0.2, -0.15) is 0 Å². The molecule has 0 amide bonds. The van der Waals surface area contributed by atoms with Crippen LogP contribution in [0.5, 0.6) is 0 Å². The van der Waals surface area contributed by atoms with E-state index in [4.69, 9.17) is 16.3 Å². The first-order chi connectivity index (χ1) is 7.81. The Hall–Kier alpha value is -0.800. The van der Waals surface area contributed by atoms with Gasteiger partial charge in [0.25, 0.3) is 0 Å². The lowest BCUT2D eigenvalue weighted by atomic mass is 9.97. The van der Waals surface area contributed by atoms with Crippen molar-refractivity contribution >= 4 is 17.3 Å². The van der Waals surface area contributed by atoms with Gasteiger partial charge in [0.05, 0.1) is 10.7 Å². The van der Waals surface area contributed by atoms with Gasteiger partial charge in [0.2, 0.25) is 0 Å². The Morgan fingerprint density at radius 1 is 1.50 bits per heavy atom. The van der Waals surface area contributed by atoms with Crippen molar-refractivity contribution in [3.8, 4) is 0 Å². The van der Waals surface area contributed by atoms with Gasteiger partial charge in [-0.1, -0.05) is 11.6 Å². The monoisotopic (exact) mass is 240 g/mol. The lowest BCUT2D eigenvalue weighted by Gasteiger charge is -2.33. The summed E-state index contributed by atoms with van der Waals surface area (Å²) in [6.45, 7) is 2.98. The van der Waals surface area contributed by atoms with Gasteiger partial charge in [0, 0.05) is 39.2 Å². The van der Waals surface area contributed by atoms with Gasteiger partial charge in [0.15, 0.2) is 0 Å². The molecule has 0 radical (unpaired) electrons. The number of nitrogens with zero attached hydrogens (tertiary/aromatic N) is 2. The largest absolute Gasteiger partial charge is 0.384 e. The molecular formula is C12H17ClN2O. The third-order valence-corrected chi connectivity index (χ3v) is 3.40. The van der Waals surface area contributed by atoms with Crippen molar-refractivity contribution in [1.29, 1.82) is 0 Å². The van der Waals surface area contributed by atoms with Crippen molar-refractivity contribution in [3.05, 3.63) is 23.5 Å². The lowest BCUT2D eigenvalue weighted by molar-refractivity contribution is 0.139. The topological polar surface area (TPSA) is 25.4 Å². The van der Waals surface area contributed by atoms with Gasteiger partial charge in [-0.3, -0.25) is 4.98 Å². The van der Waals surface area contributed by atoms with Gasteiger partial charge >= 0.3 is 0 Å². The van der Waals surface area contributed by atoms with Crippen molar-refractivity contribution in [2.45, 2.75) is 12.8 Å². The molecule has 1 saturated heterocycles. The van der Waals surface area contributed by atoms with Crippen molar-refractivity contribution < 1.29 is 4.74 Å². The van der Waals surface area contributed by atoms with Gasteiger partial charge in [-0.15, -0.1) is 0 Å². The molecule has 0 N–H and O–H groups in total. The first-order valence-corrected chi connectivity index (χ1v) is 6.02. The minimum absolute atomic E-state index is 0.696. The van der Waals surface area contributed by atoms with E-state index in [-0.39, 0.29) is 0 Å². The van der Waals surface area contributed by atoms with Crippen LogP contribution in [0.1, 0.15) is 12.8 Å². The van der Waals surface area contributed by atoms with E-state index in [1.165, 1.54) is 12.8 Å². The van der Waals surface area contributed by atoms with Crippen LogP contribution in [0.4, 0.5) is 5.69 Å². The quantitative estimate of drug-likeness (QED) is 0.812. The summed E-state index contributed by atoms with van der Waals surface area (Å²) in [4.78, 5) is 6.34.